The van der Waals surface area contributed by atoms with E-state index < -0.39 is 9.84 Å². The summed E-state index contributed by atoms with van der Waals surface area (Å²) in [6.45, 7) is 4.48. The van der Waals surface area contributed by atoms with E-state index in [2.05, 4.69) is 10.3 Å². The van der Waals surface area contributed by atoms with Crippen molar-refractivity contribution < 1.29 is 13.2 Å². The molecule has 1 aromatic carbocycles. The van der Waals surface area contributed by atoms with Crippen molar-refractivity contribution in [2.75, 3.05) is 18.1 Å². The maximum atomic E-state index is 12.7. The number of hydrogen-bond acceptors (Lipinski definition) is 4. The zero-order valence-corrected chi connectivity index (χ0v) is 14.8. The summed E-state index contributed by atoms with van der Waals surface area (Å²) in [6.07, 6.45) is 0.622. The van der Waals surface area contributed by atoms with Crippen LogP contribution in [-0.2, 0) is 9.84 Å². The standard InChI is InChI=1S/C18H22N2O3S/c1-12(2)17-9-15(14-5-3-4-6-16(14)20-17)18(21)19-10-13-7-8-24(22,23)11-13/h3-6,9,12-13H,7-8,10-11H2,1-2H3,(H,19,21)/t13-/m0/s1. The number of rotatable bonds is 4. The molecule has 1 aliphatic heterocycles. The summed E-state index contributed by atoms with van der Waals surface area (Å²) in [5.41, 5.74) is 2.28. The SMILES string of the molecule is CC(C)c1cc(C(=O)NC[C@@H]2CCS(=O)(=O)C2)c2ccccc2n1. The van der Waals surface area contributed by atoms with Gasteiger partial charge < -0.3 is 5.32 Å². The second-order valence-electron chi connectivity index (χ2n) is 6.75. The Labute approximate surface area is 142 Å². The lowest BCUT2D eigenvalue weighted by atomic mass is 10.0. The highest BCUT2D eigenvalue weighted by molar-refractivity contribution is 7.91. The van der Waals surface area contributed by atoms with Gasteiger partial charge in [-0.15, -0.1) is 0 Å². The molecule has 0 radical (unpaired) electrons. The molecular weight excluding hydrogens is 324 g/mol. The zero-order chi connectivity index (χ0) is 17.3. The zero-order valence-electron chi connectivity index (χ0n) is 14.0. The highest BCUT2D eigenvalue weighted by Crippen LogP contribution is 2.23. The quantitative estimate of drug-likeness (QED) is 0.923. The minimum Gasteiger partial charge on any atom is -0.352 e. The van der Waals surface area contributed by atoms with Crippen molar-refractivity contribution in [1.29, 1.82) is 0 Å². The third-order valence-corrected chi connectivity index (χ3v) is 6.29. The number of carbonyl (C=O) groups excluding carboxylic acids is 1. The number of aromatic nitrogens is 1. The van der Waals surface area contributed by atoms with Gasteiger partial charge in [-0.05, 0) is 30.4 Å². The second kappa shape index (κ2) is 6.51. The van der Waals surface area contributed by atoms with Gasteiger partial charge in [-0.3, -0.25) is 9.78 Å². The van der Waals surface area contributed by atoms with E-state index in [-0.39, 0.29) is 29.2 Å². The molecule has 1 aliphatic rings. The molecule has 0 saturated carbocycles. The first-order valence-electron chi connectivity index (χ1n) is 8.24. The third-order valence-electron chi connectivity index (χ3n) is 4.45. The Hall–Kier alpha value is -1.95. The van der Waals surface area contributed by atoms with Crippen molar-refractivity contribution >= 4 is 26.6 Å². The molecular formula is C18H22N2O3S. The van der Waals surface area contributed by atoms with Crippen molar-refractivity contribution in [3.63, 3.8) is 0 Å². The lowest BCUT2D eigenvalue weighted by Gasteiger charge is -2.13. The van der Waals surface area contributed by atoms with Crippen LogP contribution in [0.15, 0.2) is 30.3 Å². The van der Waals surface area contributed by atoms with Gasteiger partial charge in [0.2, 0.25) is 0 Å². The molecule has 0 unspecified atom stereocenters. The number of hydrogen-bond donors (Lipinski definition) is 1. The van der Waals surface area contributed by atoms with E-state index in [1.165, 1.54) is 0 Å². The summed E-state index contributed by atoms with van der Waals surface area (Å²) in [7, 11) is -2.92. The Balaban J connectivity index is 1.83. The van der Waals surface area contributed by atoms with Gasteiger partial charge in [0.1, 0.15) is 0 Å². The first kappa shape index (κ1) is 16.9. The number of nitrogens with one attached hydrogen (secondary N) is 1. The van der Waals surface area contributed by atoms with Gasteiger partial charge in [0.05, 0.1) is 22.6 Å². The summed E-state index contributed by atoms with van der Waals surface area (Å²) in [5, 5.41) is 3.72. The van der Waals surface area contributed by atoms with Crippen LogP contribution in [0.5, 0.6) is 0 Å². The summed E-state index contributed by atoms with van der Waals surface area (Å²) in [4.78, 5) is 17.3. The Morgan fingerprint density at radius 1 is 1.33 bits per heavy atom. The summed E-state index contributed by atoms with van der Waals surface area (Å²) < 4.78 is 23.1. The molecule has 6 heteroatoms. The molecule has 1 N–H and O–H groups in total. The van der Waals surface area contributed by atoms with Gasteiger partial charge in [-0.2, -0.15) is 0 Å². The fourth-order valence-electron chi connectivity index (χ4n) is 3.04. The van der Waals surface area contributed by atoms with E-state index in [4.69, 9.17) is 0 Å². The highest BCUT2D eigenvalue weighted by atomic mass is 32.2. The van der Waals surface area contributed by atoms with Gasteiger partial charge in [0, 0.05) is 17.6 Å². The van der Waals surface area contributed by atoms with E-state index in [0.29, 0.717) is 18.5 Å². The van der Waals surface area contributed by atoms with E-state index >= 15 is 0 Å². The van der Waals surface area contributed by atoms with Gasteiger partial charge in [0.15, 0.2) is 9.84 Å². The number of benzene rings is 1. The van der Waals surface area contributed by atoms with E-state index in [1.54, 1.807) is 0 Å². The lowest BCUT2D eigenvalue weighted by Crippen LogP contribution is -2.30. The van der Waals surface area contributed by atoms with Crippen LogP contribution < -0.4 is 5.32 Å². The van der Waals surface area contributed by atoms with Gasteiger partial charge in [-0.1, -0.05) is 32.0 Å². The smallest absolute Gasteiger partial charge is 0.252 e. The van der Waals surface area contributed by atoms with Crippen molar-refractivity contribution in [2.24, 2.45) is 5.92 Å². The predicted molar refractivity (Wildman–Crippen MR) is 94.9 cm³/mol. The molecule has 1 amide bonds. The maximum absolute atomic E-state index is 12.7. The number of sulfone groups is 1. The van der Waals surface area contributed by atoms with Crippen LogP contribution in [0, 0.1) is 5.92 Å². The average molecular weight is 346 g/mol. The highest BCUT2D eigenvalue weighted by Gasteiger charge is 2.28. The number of para-hydroxylation sites is 1. The van der Waals surface area contributed by atoms with Crippen LogP contribution in [0.3, 0.4) is 0 Å². The Bertz CT molecular complexity index is 875. The molecule has 0 spiro atoms. The average Bonchev–Trinajstić information content (AvgIpc) is 2.90. The predicted octanol–water partition coefficient (Wildman–Crippen LogP) is 2.52. The summed E-state index contributed by atoms with van der Waals surface area (Å²) in [6, 6.07) is 9.43. The minimum absolute atomic E-state index is 0.0108. The van der Waals surface area contributed by atoms with Crippen LogP contribution in [0.2, 0.25) is 0 Å². The second-order valence-corrected chi connectivity index (χ2v) is 8.97. The molecule has 1 atom stereocenters. The fourth-order valence-corrected chi connectivity index (χ4v) is 4.91. The van der Waals surface area contributed by atoms with Crippen molar-refractivity contribution in [2.45, 2.75) is 26.2 Å². The molecule has 24 heavy (non-hydrogen) atoms. The lowest BCUT2D eigenvalue weighted by molar-refractivity contribution is 0.0950. The molecule has 0 aliphatic carbocycles. The van der Waals surface area contributed by atoms with Gasteiger partial charge in [-0.25, -0.2) is 8.42 Å². The van der Waals surface area contributed by atoms with Gasteiger partial charge >= 0.3 is 0 Å². The topological polar surface area (TPSA) is 76.1 Å². The normalized spacial score (nSPS) is 19.7. The molecule has 2 heterocycles. The van der Waals surface area contributed by atoms with Crippen LogP contribution in [0.25, 0.3) is 10.9 Å². The van der Waals surface area contributed by atoms with E-state index in [0.717, 1.165) is 16.6 Å². The number of fused-ring (bicyclic) bond motifs is 1. The third kappa shape index (κ3) is 3.59. The number of amides is 1. The number of carbonyl (C=O) groups is 1. The van der Waals surface area contributed by atoms with Crippen molar-refractivity contribution in [1.82, 2.24) is 10.3 Å². The Kier molecular flexibility index (Phi) is 4.58. The van der Waals surface area contributed by atoms with E-state index in [9.17, 15) is 13.2 Å². The molecule has 2 aromatic rings. The van der Waals surface area contributed by atoms with Gasteiger partial charge in [0.25, 0.3) is 5.91 Å². The summed E-state index contributed by atoms with van der Waals surface area (Å²) in [5.74, 6) is 0.461. The minimum atomic E-state index is -2.92. The molecule has 1 saturated heterocycles. The first-order chi connectivity index (χ1) is 11.4. The van der Waals surface area contributed by atoms with Crippen LogP contribution in [-0.4, -0.2) is 37.4 Å². The molecule has 1 aromatic heterocycles. The van der Waals surface area contributed by atoms with Crippen LogP contribution >= 0.6 is 0 Å². The monoisotopic (exact) mass is 346 g/mol. The Morgan fingerprint density at radius 2 is 2.08 bits per heavy atom. The molecule has 0 bridgehead atoms. The van der Waals surface area contributed by atoms with Crippen LogP contribution in [0.4, 0.5) is 0 Å². The Morgan fingerprint density at radius 3 is 2.75 bits per heavy atom. The fraction of sp³-hybridized carbons (Fsp3) is 0.444. The molecule has 5 nitrogen and oxygen atoms in total. The van der Waals surface area contributed by atoms with Crippen molar-refractivity contribution in [3.8, 4) is 0 Å². The summed E-state index contributed by atoms with van der Waals surface area (Å²) >= 11 is 0. The largest absolute Gasteiger partial charge is 0.352 e. The van der Waals surface area contributed by atoms with E-state index in [1.807, 2.05) is 44.2 Å². The van der Waals surface area contributed by atoms with Crippen LogP contribution in [0.1, 0.15) is 42.2 Å². The first-order valence-corrected chi connectivity index (χ1v) is 10.1. The maximum Gasteiger partial charge on any atom is 0.252 e. The molecule has 3 rings (SSSR count). The number of nitrogens with zero attached hydrogens (tertiary/aromatic N) is 1. The molecule has 1 fully saturated rings. The van der Waals surface area contributed by atoms with Crippen molar-refractivity contribution in [3.05, 3.63) is 41.6 Å². The number of pyridine rings is 1. The molecule has 128 valence electrons.